The van der Waals surface area contributed by atoms with Crippen LogP contribution < -0.4 is 0 Å². The summed E-state index contributed by atoms with van der Waals surface area (Å²) in [5.41, 5.74) is 0.162. The van der Waals surface area contributed by atoms with E-state index in [0.29, 0.717) is 19.5 Å². The fourth-order valence-electron chi connectivity index (χ4n) is 1.90. The van der Waals surface area contributed by atoms with Gasteiger partial charge < -0.3 is 15.1 Å². The van der Waals surface area contributed by atoms with Crippen molar-refractivity contribution in [1.82, 2.24) is 4.90 Å². The van der Waals surface area contributed by atoms with Gasteiger partial charge in [-0.3, -0.25) is 4.79 Å². The summed E-state index contributed by atoms with van der Waals surface area (Å²) in [5.74, 6) is 0.107. The molecule has 4 heteroatoms. The molecule has 96 valence electrons. The summed E-state index contributed by atoms with van der Waals surface area (Å²) >= 11 is 0. The summed E-state index contributed by atoms with van der Waals surface area (Å²) in [7, 11) is 0. The number of hydrogen-bond donors (Lipinski definition) is 2. The Morgan fingerprint density at radius 2 is 2.00 bits per heavy atom. The van der Waals surface area contributed by atoms with Crippen LogP contribution in [0, 0.1) is 0 Å². The number of benzene rings is 1. The van der Waals surface area contributed by atoms with Crippen LogP contribution in [0.15, 0.2) is 30.3 Å². The molecule has 1 fully saturated rings. The fraction of sp³-hybridized carbons (Fsp3) is 0.357. The van der Waals surface area contributed by atoms with Gasteiger partial charge in [-0.15, -0.1) is 0 Å². The van der Waals surface area contributed by atoms with Crippen molar-refractivity contribution >= 4 is 12.0 Å². The van der Waals surface area contributed by atoms with Crippen molar-refractivity contribution in [1.29, 1.82) is 0 Å². The standard InChI is InChI=1S/C14H17NO3/c1-2-14(18)9-15(10-14)13(17)8-5-11-3-6-12(16)7-4-11/h3-8,16,18H,2,9-10H2,1H3. The van der Waals surface area contributed by atoms with Crippen LogP contribution >= 0.6 is 0 Å². The van der Waals surface area contributed by atoms with Gasteiger partial charge in [0.1, 0.15) is 5.75 Å². The van der Waals surface area contributed by atoms with Crippen molar-refractivity contribution in [3.05, 3.63) is 35.9 Å². The van der Waals surface area contributed by atoms with Gasteiger partial charge in [-0.05, 0) is 30.2 Å². The largest absolute Gasteiger partial charge is 0.508 e. The highest BCUT2D eigenvalue weighted by Crippen LogP contribution is 2.24. The summed E-state index contributed by atoms with van der Waals surface area (Å²) in [6.07, 6.45) is 3.85. The van der Waals surface area contributed by atoms with Crippen LogP contribution in [0.5, 0.6) is 5.75 Å². The number of carbonyl (C=O) groups is 1. The summed E-state index contributed by atoms with van der Waals surface area (Å²) < 4.78 is 0. The zero-order chi connectivity index (χ0) is 13.2. The lowest BCUT2D eigenvalue weighted by Gasteiger charge is -2.45. The van der Waals surface area contributed by atoms with E-state index in [9.17, 15) is 9.90 Å². The molecule has 1 amide bonds. The maximum absolute atomic E-state index is 11.7. The average molecular weight is 247 g/mol. The van der Waals surface area contributed by atoms with E-state index in [1.807, 2.05) is 6.92 Å². The van der Waals surface area contributed by atoms with Crippen molar-refractivity contribution in [3.63, 3.8) is 0 Å². The van der Waals surface area contributed by atoms with E-state index in [0.717, 1.165) is 5.56 Å². The molecule has 2 N–H and O–H groups in total. The van der Waals surface area contributed by atoms with Crippen LogP contribution in [0.3, 0.4) is 0 Å². The maximum Gasteiger partial charge on any atom is 0.246 e. The highest BCUT2D eigenvalue weighted by atomic mass is 16.3. The number of amides is 1. The molecule has 1 aliphatic rings. The number of nitrogens with zero attached hydrogens (tertiary/aromatic N) is 1. The van der Waals surface area contributed by atoms with E-state index >= 15 is 0 Å². The fourth-order valence-corrected chi connectivity index (χ4v) is 1.90. The average Bonchev–Trinajstić information content (AvgIpc) is 2.34. The van der Waals surface area contributed by atoms with Gasteiger partial charge in [0.2, 0.25) is 5.91 Å². The predicted molar refractivity (Wildman–Crippen MR) is 69.0 cm³/mol. The zero-order valence-corrected chi connectivity index (χ0v) is 10.3. The van der Waals surface area contributed by atoms with Gasteiger partial charge in [0.25, 0.3) is 0 Å². The molecule has 0 bridgehead atoms. The third kappa shape index (κ3) is 2.71. The maximum atomic E-state index is 11.7. The molecule has 0 saturated carbocycles. The normalized spacial score (nSPS) is 17.8. The zero-order valence-electron chi connectivity index (χ0n) is 10.3. The second-order valence-corrected chi connectivity index (χ2v) is 4.70. The molecule has 18 heavy (non-hydrogen) atoms. The van der Waals surface area contributed by atoms with E-state index in [-0.39, 0.29) is 11.7 Å². The molecule has 1 aliphatic heterocycles. The first-order valence-corrected chi connectivity index (χ1v) is 6.01. The van der Waals surface area contributed by atoms with Crippen molar-refractivity contribution in [2.45, 2.75) is 18.9 Å². The molecule has 1 aromatic carbocycles. The van der Waals surface area contributed by atoms with E-state index in [2.05, 4.69) is 0 Å². The lowest BCUT2D eigenvalue weighted by molar-refractivity contribution is -0.150. The first kappa shape index (κ1) is 12.6. The second kappa shape index (κ2) is 4.82. The van der Waals surface area contributed by atoms with Crippen LogP contribution in [0.2, 0.25) is 0 Å². The molecular weight excluding hydrogens is 230 g/mol. The van der Waals surface area contributed by atoms with Gasteiger partial charge in [0.15, 0.2) is 0 Å². The first-order chi connectivity index (χ1) is 8.52. The quantitative estimate of drug-likeness (QED) is 0.793. The first-order valence-electron chi connectivity index (χ1n) is 6.01. The van der Waals surface area contributed by atoms with Gasteiger partial charge in [-0.1, -0.05) is 19.1 Å². The molecule has 0 aliphatic carbocycles. The molecule has 0 spiro atoms. The number of phenols is 1. The number of β-amino-alcohol motifs (C(OH)–C–C–N with tert-alkyl or cyclic N) is 1. The molecule has 0 aromatic heterocycles. The van der Waals surface area contributed by atoms with Crippen LogP contribution in [-0.4, -0.2) is 39.7 Å². The van der Waals surface area contributed by atoms with E-state index in [1.165, 1.54) is 6.08 Å². The Balaban J connectivity index is 1.91. The Morgan fingerprint density at radius 3 is 2.56 bits per heavy atom. The molecule has 2 rings (SSSR count). The number of aromatic hydroxyl groups is 1. The lowest BCUT2D eigenvalue weighted by atomic mass is 9.91. The minimum Gasteiger partial charge on any atom is -0.508 e. The number of rotatable bonds is 3. The summed E-state index contributed by atoms with van der Waals surface area (Å²) in [5, 5.41) is 18.9. The predicted octanol–water partition coefficient (Wildman–Crippen LogP) is 1.39. The SMILES string of the molecule is CCC1(O)CN(C(=O)C=Cc2ccc(O)cc2)C1. The van der Waals surface area contributed by atoms with Crippen LogP contribution in [0.1, 0.15) is 18.9 Å². The Bertz CT molecular complexity index is 458. The molecule has 1 saturated heterocycles. The molecule has 0 unspecified atom stereocenters. The molecular formula is C14H17NO3. The van der Waals surface area contributed by atoms with Gasteiger partial charge in [0, 0.05) is 6.08 Å². The van der Waals surface area contributed by atoms with Crippen LogP contribution in [-0.2, 0) is 4.79 Å². The number of phenolic OH excluding ortho intramolecular Hbond substituents is 1. The molecule has 0 atom stereocenters. The molecule has 0 radical (unpaired) electrons. The highest BCUT2D eigenvalue weighted by molar-refractivity contribution is 5.92. The van der Waals surface area contributed by atoms with Crippen molar-refractivity contribution in [2.75, 3.05) is 13.1 Å². The van der Waals surface area contributed by atoms with Crippen LogP contribution in [0.4, 0.5) is 0 Å². The number of carbonyl (C=O) groups excluding carboxylic acids is 1. The summed E-state index contributed by atoms with van der Waals surface area (Å²) in [4.78, 5) is 13.4. The molecule has 4 nitrogen and oxygen atoms in total. The monoisotopic (exact) mass is 247 g/mol. The highest BCUT2D eigenvalue weighted by Gasteiger charge is 2.41. The van der Waals surface area contributed by atoms with E-state index < -0.39 is 5.60 Å². The third-order valence-corrected chi connectivity index (χ3v) is 3.25. The summed E-state index contributed by atoms with van der Waals surface area (Å²) in [6.45, 7) is 2.72. The van der Waals surface area contributed by atoms with Crippen molar-refractivity contribution in [2.24, 2.45) is 0 Å². The van der Waals surface area contributed by atoms with E-state index in [4.69, 9.17) is 5.11 Å². The minimum atomic E-state index is -0.692. The van der Waals surface area contributed by atoms with Gasteiger partial charge in [0.05, 0.1) is 18.7 Å². The smallest absolute Gasteiger partial charge is 0.246 e. The Kier molecular flexibility index (Phi) is 3.39. The van der Waals surface area contributed by atoms with Gasteiger partial charge >= 0.3 is 0 Å². The third-order valence-electron chi connectivity index (χ3n) is 3.25. The number of hydrogen-bond acceptors (Lipinski definition) is 3. The second-order valence-electron chi connectivity index (χ2n) is 4.70. The number of likely N-dealkylation sites (tertiary alicyclic amines) is 1. The summed E-state index contributed by atoms with van der Waals surface area (Å²) in [6, 6.07) is 6.61. The Labute approximate surface area is 106 Å². The van der Waals surface area contributed by atoms with Crippen molar-refractivity contribution < 1.29 is 15.0 Å². The van der Waals surface area contributed by atoms with Crippen LogP contribution in [0.25, 0.3) is 6.08 Å². The minimum absolute atomic E-state index is 0.0961. The topological polar surface area (TPSA) is 60.8 Å². The van der Waals surface area contributed by atoms with Gasteiger partial charge in [-0.2, -0.15) is 0 Å². The molecule has 1 heterocycles. The van der Waals surface area contributed by atoms with E-state index in [1.54, 1.807) is 35.2 Å². The Hall–Kier alpha value is -1.81. The van der Waals surface area contributed by atoms with Gasteiger partial charge in [-0.25, -0.2) is 0 Å². The molecule has 1 aromatic rings. The Morgan fingerprint density at radius 1 is 1.39 bits per heavy atom. The number of aliphatic hydroxyl groups is 1. The lowest BCUT2D eigenvalue weighted by Crippen LogP contribution is -2.62. The van der Waals surface area contributed by atoms with Crippen molar-refractivity contribution in [3.8, 4) is 5.75 Å².